The predicted molar refractivity (Wildman–Crippen MR) is 97.7 cm³/mol. The molecule has 2 aliphatic heterocycles. The smallest absolute Gasteiger partial charge is 0.191 e. The van der Waals surface area contributed by atoms with Gasteiger partial charge in [0.15, 0.2) is 5.50 Å². The molecule has 117 valence electrons. The van der Waals surface area contributed by atoms with Gasteiger partial charge in [-0.25, -0.2) is 0 Å². The average molecular weight is 322 g/mol. The molecule has 2 aromatic rings. The summed E-state index contributed by atoms with van der Waals surface area (Å²) in [5.41, 5.74) is 3.92. The fraction of sp³-hybridized carbons (Fsp3) is 0.211. The molecule has 1 N–H and O–H groups in total. The number of nitrogens with one attached hydrogen (secondary N) is 1. The molecule has 0 saturated carbocycles. The zero-order chi connectivity index (χ0) is 15.5. The zero-order valence-corrected chi connectivity index (χ0v) is 13.7. The lowest BCUT2D eigenvalue weighted by molar-refractivity contribution is 0.250. The molecule has 1 atom stereocenters. The molecular formula is C19H20N3S. The normalized spacial score (nSPS) is 22.3. The van der Waals surface area contributed by atoms with E-state index in [-0.39, 0.29) is 0 Å². The highest BCUT2D eigenvalue weighted by molar-refractivity contribution is 8.05. The van der Waals surface area contributed by atoms with Crippen LogP contribution in [0.15, 0.2) is 72.3 Å². The lowest BCUT2D eigenvalue weighted by atomic mass is 10.0. The number of piperazine rings is 1. The SMILES string of the molecule is C1=CS[C](N2CCN(c3ccccc3)C(c3ccccc3)C2)N1. The highest BCUT2D eigenvalue weighted by atomic mass is 32.2. The number of benzene rings is 2. The van der Waals surface area contributed by atoms with Crippen LogP contribution in [0.4, 0.5) is 5.69 Å². The Balaban J connectivity index is 1.61. The molecule has 2 aliphatic rings. The summed E-state index contributed by atoms with van der Waals surface area (Å²) in [6, 6.07) is 21.9. The maximum atomic E-state index is 3.36. The average Bonchev–Trinajstić information content (AvgIpc) is 3.17. The predicted octanol–water partition coefficient (Wildman–Crippen LogP) is 3.80. The lowest BCUT2D eigenvalue weighted by Gasteiger charge is -2.44. The van der Waals surface area contributed by atoms with Gasteiger partial charge in [0, 0.05) is 31.5 Å². The largest absolute Gasteiger partial charge is 0.362 e. The van der Waals surface area contributed by atoms with Crippen LogP contribution in [-0.4, -0.2) is 24.5 Å². The summed E-state index contributed by atoms with van der Waals surface area (Å²) in [4.78, 5) is 4.99. The Morgan fingerprint density at radius 1 is 0.913 bits per heavy atom. The van der Waals surface area contributed by atoms with Crippen molar-refractivity contribution in [3.05, 3.63) is 83.3 Å². The maximum absolute atomic E-state index is 3.36. The van der Waals surface area contributed by atoms with Crippen LogP contribution in [0.3, 0.4) is 0 Å². The minimum atomic E-state index is 0.364. The quantitative estimate of drug-likeness (QED) is 0.926. The van der Waals surface area contributed by atoms with E-state index in [0.29, 0.717) is 6.04 Å². The standard InChI is InChI=1S/C19H20N3S/c1-3-7-16(8-4-1)18-15-21(19-20-11-14-23-19)12-13-22(18)17-9-5-2-6-10-17/h1-11,14,18,20H,12-13,15H2. The highest BCUT2D eigenvalue weighted by Crippen LogP contribution is 2.35. The Hall–Kier alpha value is -1.91. The van der Waals surface area contributed by atoms with Gasteiger partial charge in [-0.1, -0.05) is 60.3 Å². The lowest BCUT2D eigenvalue weighted by Crippen LogP contribution is -2.50. The first-order valence-electron chi connectivity index (χ1n) is 7.98. The van der Waals surface area contributed by atoms with E-state index in [2.05, 4.69) is 81.2 Å². The number of nitrogens with zero attached hydrogens (tertiary/aromatic N) is 2. The molecule has 4 heteroatoms. The number of rotatable bonds is 3. The Kier molecular flexibility index (Phi) is 4.26. The van der Waals surface area contributed by atoms with Crippen molar-refractivity contribution in [3.63, 3.8) is 0 Å². The van der Waals surface area contributed by atoms with Gasteiger partial charge in [0.05, 0.1) is 6.04 Å². The molecule has 23 heavy (non-hydrogen) atoms. The Morgan fingerprint density at radius 2 is 1.65 bits per heavy atom. The molecule has 0 aromatic heterocycles. The second-order valence-electron chi connectivity index (χ2n) is 5.77. The third-order valence-electron chi connectivity index (χ3n) is 4.39. The fourth-order valence-electron chi connectivity index (χ4n) is 3.26. The van der Waals surface area contributed by atoms with Crippen LogP contribution in [0.25, 0.3) is 0 Å². The molecule has 4 rings (SSSR count). The Morgan fingerprint density at radius 3 is 2.35 bits per heavy atom. The monoisotopic (exact) mass is 322 g/mol. The summed E-state index contributed by atoms with van der Waals surface area (Å²) in [5.74, 6) is 0. The van der Waals surface area contributed by atoms with Gasteiger partial charge in [0.25, 0.3) is 0 Å². The van der Waals surface area contributed by atoms with Crippen LogP contribution in [-0.2, 0) is 0 Å². The van der Waals surface area contributed by atoms with Crippen molar-refractivity contribution in [2.24, 2.45) is 0 Å². The second-order valence-corrected chi connectivity index (χ2v) is 6.67. The molecule has 1 fully saturated rings. The minimum absolute atomic E-state index is 0.364. The molecule has 0 aliphatic carbocycles. The van der Waals surface area contributed by atoms with Gasteiger partial charge in [-0.05, 0) is 23.1 Å². The van der Waals surface area contributed by atoms with Crippen molar-refractivity contribution in [1.82, 2.24) is 10.2 Å². The van der Waals surface area contributed by atoms with E-state index >= 15 is 0 Å². The number of anilines is 1. The molecule has 1 unspecified atom stereocenters. The van der Waals surface area contributed by atoms with Crippen molar-refractivity contribution in [2.75, 3.05) is 24.5 Å². The fourth-order valence-corrected chi connectivity index (χ4v) is 3.98. The van der Waals surface area contributed by atoms with Gasteiger partial charge in [-0.3, -0.25) is 4.90 Å². The minimum Gasteiger partial charge on any atom is -0.362 e. The van der Waals surface area contributed by atoms with Crippen LogP contribution in [0.1, 0.15) is 11.6 Å². The van der Waals surface area contributed by atoms with Crippen LogP contribution < -0.4 is 10.2 Å². The summed E-state index contributed by atoms with van der Waals surface area (Å²) in [6.45, 7) is 3.06. The highest BCUT2D eigenvalue weighted by Gasteiger charge is 2.33. The van der Waals surface area contributed by atoms with Gasteiger partial charge >= 0.3 is 0 Å². The van der Waals surface area contributed by atoms with Gasteiger partial charge in [-0.2, -0.15) is 0 Å². The molecule has 0 spiro atoms. The second kappa shape index (κ2) is 6.69. The molecule has 2 aromatic carbocycles. The van der Waals surface area contributed by atoms with Crippen molar-refractivity contribution < 1.29 is 0 Å². The molecule has 2 heterocycles. The molecule has 0 bridgehead atoms. The van der Waals surface area contributed by atoms with Gasteiger partial charge < -0.3 is 10.2 Å². The molecule has 1 saturated heterocycles. The summed E-state index contributed by atoms with van der Waals surface area (Å²) >= 11 is 1.78. The van der Waals surface area contributed by atoms with E-state index in [9.17, 15) is 0 Å². The van der Waals surface area contributed by atoms with E-state index in [1.54, 1.807) is 11.8 Å². The molecule has 0 amide bonds. The van der Waals surface area contributed by atoms with Crippen LogP contribution >= 0.6 is 11.8 Å². The van der Waals surface area contributed by atoms with Gasteiger partial charge in [-0.15, -0.1) is 0 Å². The van der Waals surface area contributed by atoms with E-state index in [4.69, 9.17) is 0 Å². The topological polar surface area (TPSA) is 18.5 Å². The number of para-hydroxylation sites is 1. The van der Waals surface area contributed by atoms with Crippen molar-refractivity contribution in [2.45, 2.75) is 6.04 Å². The molecular weight excluding hydrogens is 302 g/mol. The Labute approximate surface area is 142 Å². The van der Waals surface area contributed by atoms with E-state index in [1.165, 1.54) is 16.7 Å². The summed E-state index contributed by atoms with van der Waals surface area (Å²) in [5, 5.41) is 5.47. The number of hydrogen-bond donors (Lipinski definition) is 1. The summed E-state index contributed by atoms with van der Waals surface area (Å²) in [6.07, 6.45) is 2.01. The third kappa shape index (κ3) is 3.09. The Bertz CT molecular complexity index is 651. The van der Waals surface area contributed by atoms with Crippen molar-refractivity contribution >= 4 is 17.4 Å². The third-order valence-corrected chi connectivity index (χ3v) is 5.27. The van der Waals surface area contributed by atoms with Crippen LogP contribution in [0.2, 0.25) is 0 Å². The zero-order valence-electron chi connectivity index (χ0n) is 12.9. The van der Waals surface area contributed by atoms with E-state index in [1.807, 2.05) is 6.20 Å². The van der Waals surface area contributed by atoms with E-state index in [0.717, 1.165) is 19.6 Å². The van der Waals surface area contributed by atoms with Crippen LogP contribution in [0, 0.1) is 5.50 Å². The number of thioether (sulfide) groups is 1. The molecule has 1 radical (unpaired) electrons. The molecule has 3 nitrogen and oxygen atoms in total. The first-order chi connectivity index (χ1) is 11.4. The van der Waals surface area contributed by atoms with Gasteiger partial charge in [0.1, 0.15) is 0 Å². The van der Waals surface area contributed by atoms with E-state index < -0.39 is 0 Å². The van der Waals surface area contributed by atoms with Crippen LogP contribution in [0.5, 0.6) is 0 Å². The first-order valence-corrected chi connectivity index (χ1v) is 8.86. The maximum Gasteiger partial charge on any atom is 0.191 e. The summed E-state index contributed by atoms with van der Waals surface area (Å²) < 4.78 is 0. The van der Waals surface area contributed by atoms with Gasteiger partial charge in [0.2, 0.25) is 0 Å². The summed E-state index contributed by atoms with van der Waals surface area (Å²) in [7, 11) is 0. The van der Waals surface area contributed by atoms with Crippen molar-refractivity contribution in [1.29, 1.82) is 0 Å². The first kappa shape index (κ1) is 14.7. The number of hydrogen-bond acceptors (Lipinski definition) is 4. The van der Waals surface area contributed by atoms with Crippen molar-refractivity contribution in [3.8, 4) is 0 Å².